The zero-order chi connectivity index (χ0) is 16.3. The van der Waals surface area contributed by atoms with E-state index in [1.807, 2.05) is 31.2 Å². The minimum atomic E-state index is -0.642. The molecule has 0 radical (unpaired) electrons. The molecule has 4 heteroatoms. The molecule has 2 fully saturated rings. The third-order valence-corrected chi connectivity index (χ3v) is 5.48. The molecule has 1 saturated heterocycles. The number of nitrogens with one attached hydrogen (secondary N) is 1. The van der Waals surface area contributed by atoms with Crippen LogP contribution < -0.4 is 5.32 Å². The molecule has 2 N–H and O–H groups in total. The topological polar surface area (TPSA) is 52.6 Å². The maximum Gasteiger partial charge on any atom is 0.240 e. The van der Waals surface area contributed by atoms with Gasteiger partial charge in [0, 0.05) is 6.54 Å². The van der Waals surface area contributed by atoms with Gasteiger partial charge in [-0.2, -0.15) is 0 Å². The highest BCUT2D eigenvalue weighted by Gasteiger charge is 2.46. The van der Waals surface area contributed by atoms with Crippen LogP contribution in [0.3, 0.4) is 0 Å². The Morgan fingerprint density at radius 1 is 1.17 bits per heavy atom. The van der Waals surface area contributed by atoms with Crippen molar-refractivity contribution in [2.24, 2.45) is 0 Å². The average molecular weight is 316 g/mol. The van der Waals surface area contributed by atoms with E-state index in [1.54, 1.807) is 0 Å². The van der Waals surface area contributed by atoms with Gasteiger partial charge in [0.15, 0.2) is 0 Å². The number of hydrogen-bond donors (Lipinski definition) is 2. The van der Waals surface area contributed by atoms with Crippen molar-refractivity contribution in [3.63, 3.8) is 0 Å². The molecule has 1 heterocycles. The normalized spacial score (nSPS) is 22.2. The third kappa shape index (κ3) is 3.43. The van der Waals surface area contributed by atoms with Crippen LogP contribution in [-0.4, -0.2) is 41.1 Å². The molecule has 1 aliphatic heterocycles. The molecule has 0 bridgehead atoms. The summed E-state index contributed by atoms with van der Waals surface area (Å²) in [6.45, 7) is 4.39. The molecule has 1 saturated carbocycles. The van der Waals surface area contributed by atoms with Crippen molar-refractivity contribution in [2.45, 2.75) is 57.1 Å². The van der Waals surface area contributed by atoms with Gasteiger partial charge in [-0.3, -0.25) is 9.69 Å². The highest BCUT2D eigenvalue weighted by atomic mass is 16.3. The van der Waals surface area contributed by atoms with Gasteiger partial charge < -0.3 is 10.4 Å². The fourth-order valence-electron chi connectivity index (χ4n) is 4.05. The van der Waals surface area contributed by atoms with Crippen LogP contribution in [0.25, 0.3) is 0 Å². The Morgan fingerprint density at radius 3 is 2.39 bits per heavy atom. The summed E-state index contributed by atoms with van der Waals surface area (Å²) in [6.07, 6.45) is 5.92. The van der Waals surface area contributed by atoms with Crippen LogP contribution >= 0.6 is 0 Å². The van der Waals surface area contributed by atoms with Crippen LogP contribution in [0.5, 0.6) is 0 Å². The van der Waals surface area contributed by atoms with E-state index in [1.165, 1.54) is 18.4 Å². The zero-order valence-electron chi connectivity index (χ0n) is 14.1. The van der Waals surface area contributed by atoms with Gasteiger partial charge in [-0.05, 0) is 51.3 Å². The van der Waals surface area contributed by atoms with Gasteiger partial charge in [-0.15, -0.1) is 0 Å². The Hall–Kier alpha value is -1.39. The lowest BCUT2D eigenvalue weighted by Gasteiger charge is -2.37. The van der Waals surface area contributed by atoms with Crippen molar-refractivity contribution >= 4 is 5.91 Å². The fraction of sp³-hybridized carbons (Fsp3) is 0.632. The number of carbonyl (C=O) groups excluding carboxylic acids is 1. The third-order valence-electron chi connectivity index (χ3n) is 5.48. The van der Waals surface area contributed by atoms with Crippen molar-refractivity contribution in [1.82, 2.24) is 10.2 Å². The summed E-state index contributed by atoms with van der Waals surface area (Å²) in [5.41, 5.74) is 1.71. The van der Waals surface area contributed by atoms with Crippen LogP contribution in [0, 0.1) is 6.92 Å². The first-order valence-electron chi connectivity index (χ1n) is 8.90. The predicted molar refractivity (Wildman–Crippen MR) is 91.2 cm³/mol. The van der Waals surface area contributed by atoms with Crippen LogP contribution in [0.1, 0.15) is 55.8 Å². The van der Waals surface area contributed by atoms with Gasteiger partial charge in [-0.1, -0.05) is 42.7 Å². The number of aryl methyl sites for hydroxylation is 1. The molecule has 0 unspecified atom stereocenters. The van der Waals surface area contributed by atoms with E-state index in [2.05, 4.69) is 10.2 Å². The molecule has 1 aromatic rings. The number of amides is 1. The standard InChI is InChI=1S/C19H28N2O2/c1-15-6-8-16(9-7-15)17(22)14-20-18(23)19(10-2-3-11-19)21-12-4-5-13-21/h6-9,17,22H,2-5,10-14H2,1H3,(H,20,23)/t17-/m1/s1. The van der Waals surface area contributed by atoms with Crippen molar-refractivity contribution < 1.29 is 9.90 Å². The van der Waals surface area contributed by atoms with Crippen LogP contribution in [-0.2, 0) is 4.79 Å². The highest BCUT2D eigenvalue weighted by molar-refractivity contribution is 5.86. The number of rotatable bonds is 5. The number of nitrogens with zero attached hydrogens (tertiary/aromatic N) is 1. The largest absolute Gasteiger partial charge is 0.387 e. The van der Waals surface area contributed by atoms with E-state index in [0.29, 0.717) is 0 Å². The van der Waals surface area contributed by atoms with Gasteiger partial charge in [0.25, 0.3) is 0 Å². The molecule has 1 aliphatic carbocycles. The van der Waals surface area contributed by atoms with Crippen LogP contribution in [0.4, 0.5) is 0 Å². The summed E-state index contributed by atoms with van der Waals surface area (Å²) in [6, 6.07) is 7.84. The quantitative estimate of drug-likeness (QED) is 0.878. The molecule has 1 aromatic carbocycles. The van der Waals surface area contributed by atoms with E-state index in [0.717, 1.165) is 44.3 Å². The molecule has 1 atom stereocenters. The van der Waals surface area contributed by atoms with Crippen molar-refractivity contribution in [3.05, 3.63) is 35.4 Å². The Kier molecular flexibility index (Phi) is 5.02. The SMILES string of the molecule is Cc1ccc([C@H](O)CNC(=O)C2(N3CCCC3)CCCC2)cc1. The Bertz CT molecular complexity index is 529. The maximum absolute atomic E-state index is 12.9. The minimum absolute atomic E-state index is 0.114. The van der Waals surface area contributed by atoms with E-state index in [9.17, 15) is 9.90 Å². The van der Waals surface area contributed by atoms with E-state index in [-0.39, 0.29) is 18.0 Å². The number of carbonyl (C=O) groups is 1. The van der Waals surface area contributed by atoms with Crippen molar-refractivity contribution in [2.75, 3.05) is 19.6 Å². The number of hydrogen-bond acceptors (Lipinski definition) is 3. The molecular formula is C19H28N2O2. The molecule has 1 amide bonds. The molecule has 2 aliphatic rings. The number of aliphatic hydroxyl groups excluding tert-OH is 1. The lowest BCUT2D eigenvalue weighted by molar-refractivity contribution is -0.133. The smallest absolute Gasteiger partial charge is 0.240 e. The predicted octanol–water partition coefficient (Wildman–Crippen LogP) is 2.55. The monoisotopic (exact) mass is 316 g/mol. The second-order valence-corrected chi connectivity index (χ2v) is 7.07. The van der Waals surface area contributed by atoms with Gasteiger partial charge in [0.1, 0.15) is 5.54 Å². The van der Waals surface area contributed by atoms with Gasteiger partial charge >= 0.3 is 0 Å². The Morgan fingerprint density at radius 2 is 1.78 bits per heavy atom. The molecule has 0 aromatic heterocycles. The zero-order valence-corrected chi connectivity index (χ0v) is 14.1. The first kappa shape index (κ1) is 16.5. The molecule has 3 rings (SSSR count). The second kappa shape index (κ2) is 7.02. The highest BCUT2D eigenvalue weighted by Crippen LogP contribution is 2.37. The molecule has 0 spiro atoms. The fourth-order valence-corrected chi connectivity index (χ4v) is 4.05. The summed E-state index contributed by atoms with van der Waals surface area (Å²) in [4.78, 5) is 15.3. The lowest BCUT2D eigenvalue weighted by atomic mass is 9.94. The minimum Gasteiger partial charge on any atom is -0.387 e. The van der Waals surface area contributed by atoms with Crippen LogP contribution in [0.15, 0.2) is 24.3 Å². The molecule has 23 heavy (non-hydrogen) atoms. The number of aliphatic hydroxyl groups is 1. The number of benzene rings is 1. The van der Waals surface area contributed by atoms with E-state index < -0.39 is 6.10 Å². The first-order valence-corrected chi connectivity index (χ1v) is 8.90. The molecule has 4 nitrogen and oxygen atoms in total. The molecular weight excluding hydrogens is 288 g/mol. The average Bonchev–Trinajstić information content (AvgIpc) is 3.24. The lowest BCUT2D eigenvalue weighted by Crippen LogP contribution is -2.56. The van der Waals surface area contributed by atoms with Crippen molar-refractivity contribution in [1.29, 1.82) is 0 Å². The summed E-state index contributed by atoms with van der Waals surface area (Å²) >= 11 is 0. The summed E-state index contributed by atoms with van der Waals surface area (Å²) in [5.74, 6) is 0.114. The van der Waals surface area contributed by atoms with Gasteiger partial charge in [-0.25, -0.2) is 0 Å². The van der Waals surface area contributed by atoms with Gasteiger partial charge in [0.2, 0.25) is 5.91 Å². The Balaban J connectivity index is 1.62. The summed E-state index contributed by atoms with van der Waals surface area (Å²) in [7, 11) is 0. The Labute approximate surface area is 138 Å². The maximum atomic E-state index is 12.9. The first-order chi connectivity index (χ1) is 11.1. The summed E-state index contributed by atoms with van der Waals surface area (Å²) < 4.78 is 0. The second-order valence-electron chi connectivity index (χ2n) is 7.07. The number of likely N-dealkylation sites (tertiary alicyclic amines) is 1. The summed E-state index contributed by atoms with van der Waals surface area (Å²) in [5, 5.41) is 13.3. The van der Waals surface area contributed by atoms with E-state index >= 15 is 0 Å². The van der Waals surface area contributed by atoms with E-state index in [4.69, 9.17) is 0 Å². The van der Waals surface area contributed by atoms with Crippen molar-refractivity contribution in [3.8, 4) is 0 Å². The molecule has 126 valence electrons. The van der Waals surface area contributed by atoms with Crippen LogP contribution in [0.2, 0.25) is 0 Å². The van der Waals surface area contributed by atoms with Gasteiger partial charge in [0.05, 0.1) is 6.10 Å².